The summed E-state index contributed by atoms with van der Waals surface area (Å²) in [6.45, 7) is 8.41. The highest BCUT2D eigenvalue weighted by Crippen LogP contribution is 2.28. The fourth-order valence-corrected chi connectivity index (χ4v) is 2.51. The number of hydrogen-bond donors (Lipinski definition) is 1. The van der Waals surface area contributed by atoms with Crippen LogP contribution in [0.2, 0.25) is 0 Å². The molecule has 0 aliphatic carbocycles. The summed E-state index contributed by atoms with van der Waals surface area (Å²) in [6, 6.07) is 0. The highest BCUT2D eigenvalue weighted by Gasteiger charge is 2.39. The van der Waals surface area contributed by atoms with Crippen molar-refractivity contribution in [2.45, 2.75) is 65.5 Å². The molecule has 3 nitrogen and oxygen atoms in total. The zero-order valence-electron chi connectivity index (χ0n) is 13.6. The van der Waals surface area contributed by atoms with Crippen molar-refractivity contribution >= 4 is 5.91 Å². The summed E-state index contributed by atoms with van der Waals surface area (Å²) in [7, 11) is 1.64. The van der Waals surface area contributed by atoms with E-state index in [1.807, 2.05) is 26.0 Å². The van der Waals surface area contributed by atoms with Gasteiger partial charge in [0.2, 0.25) is 0 Å². The zero-order valence-corrected chi connectivity index (χ0v) is 13.6. The van der Waals surface area contributed by atoms with Crippen molar-refractivity contribution in [3.8, 4) is 0 Å². The Bertz CT molecular complexity index is 396. The van der Waals surface area contributed by atoms with E-state index in [0.29, 0.717) is 0 Å². The molecule has 0 saturated carbocycles. The third-order valence-corrected chi connectivity index (χ3v) is 3.96. The van der Waals surface area contributed by atoms with Crippen LogP contribution in [0.25, 0.3) is 0 Å². The molecule has 0 radical (unpaired) electrons. The molecule has 0 aromatic rings. The van der Waals surface area contributed by atoms with Crippen LogP contribution < -0.4 is 5.32 Å². The normalized spacial score (nSPS) is 23.2. The summed E-state index contributed by atoms with van der Waals surface area (Å²) < 4.78 is 5.52. The van der Waals surface area contributed by atoms with Gasteiger partial charge in [-0.2, -0.15) is 0 Å². The summed E-state index contributed by atoms with van der Waals surface area (Å²) in [6.07, 6.45) is 10.00. The van der Waals surface area contributed by atoms with Gasteiger partial charge in [0.15, 0.2) is 5.72 Å². The van der Waals surface area contributed by atoms with E-state index in [1.165, 1.54) is 31.3 Å². The fourth-order valence-electron chi connectivity index (χ4n) is 2.51. The SMILES string of the molecule is CCCCCC/C(C)=C/C1=CC(OC)(C(C)C)NC1=O. The van der Waals surface area contributed by atoms with Crippen molar-refractivity contribution in [3.63, 3.8) is 0 Å². The standard InChI is InChI=1S/C17H29NO2/c1-6-7-8-9-10-14(4)11-15-12-17(20-5,13(2)3)18-16(15)19/h11-13H,6-10H2,1-5H3,(H,18,19)/b14-11+. The molecule has 1 unspecified atom stereocenters. The third-order valence-electron chi connectivity index (χ3n) is 3.96. The Balaban J connectivity index is 2.70. The maximum atomic E-state index is 12.1. The van der Waals surface area contributed by atoms with Gasteiger partial charge in [-0.25, -0.2) is 0 Å². The number of hydrogen-bond acceptors (Lipinski definition) is 2. The van der Waals surface area contributed by atoms with Crippen LogP contribution in [-0.2, 0) is 9.53 Å². The molecule has 20 heavy (non-hydrogen) atoms. The topological polar surface area (TPSA) is 38.3 Å². The first-order valence-electron chi connectivity index (χ1n) is 7.73. The highest BCUT2D eigenvalue weighted by atomic mass is 16.5. The lowest BCUT2D eigenvalue weighted by atomic mass is 9.99. The molecule has 0 fully saturated rings. The Hall–Kier alpha value is -1.09. The van der Waals surface area contributed by atoms with Crippen molar-refractivity contribution in [1.82, 2.24) is 5.32 Å². The molecule has 0 spiro atoms. The van der Waals surface area contributed by atoms with E-state index in [1.54, 1.807) is 7.11 Å². The maximum absolute atomic E-state index is 12.1. The predicted molar refractivity (Wildman–Crippen MR) is 83.3 cm³/mol. The van der Waals surface area contributed by atoms with Gasteiger partial charge in [-0.05, 0) is 25.8 Å². The minimum absolute atomic E-state index is 0.0338. The number of allylic oxidation sites excluding steroid dienone is 1. The van der Waals surface area contributed by atoms with E-state index >= 15 is 0 Å². The Labute approximate surface area is 123 Å². The molecule has 0 aromatic carbocycles. The maximum Gasteiger partial charge on any atom is 0.253 e. The molecule has 1 aliphatic heterocycles. The lowest BCUT2D eigenvalue weighted by Gasteiger charge is -2.30. The fraction of sp³-hybridized carbons (Fsp3) is 0.706. The second-order valence-electron chi connectivity index (χ2n) is 6.01. The average molecular weight is 279 g/mol. The van der Waals surface area contributed by atoms with E-state index in [-0.39, 0.29) is 11.8 Å². The van der Waals surface area contributed by atoms with E-state index in [2.05, 4.69) is 19.2 Å². The average Bonchev–Trinajstić information content (AvgIpc) is 2.73. The highest BCUT2D eigenvalue weighted by molar-refractivity contribution is 5.99. The van der Waals surface area contributed by atoms with Crippen molar-refractivity contribution in [3.05, 3.63) is 23.3 Å². The van der Waals surface area contributed by atoms with Crippen LogP contribution in [0, 0.1) is 5.92 Å². The van der Waals surface area contributed by atoms with Gasteiger partial charge in [0, 0.05) is 18.6 Å². The van der Waals surface area contributed by atoms with Crippen LogP contribution in [0.5, 0.6) is 0 Å². The van der Waals surface area contributed by atoms with Gasteiger partial charge in [-0.15, -0.1) is 0 Å². The molecule has 0 bridgehead atoms. The second-order valence-corrected chi connectivity index (χ2v) is 6.01. The molecule has 1 amide bonds. The van der Waals surface area contributed by atoms with E-state index in [9.17, 15) is 4.79 Å². The van der Waals surface area contributed by atoms with Crippen molar-refractivity contribution in [2.75, 3.05) is 7.11 Å². The smallest absolute Gasteiger partial charge is 0.253 e. The van der Waals surface area contributed by atoms with Gasteiger partial charge in [-0.1, -0.05) is 51.7 Å². The summed E-state index contributed by atoms with van der Waals surface area (Å²) in [5.74, 6) is 0.167. The van der Waals surface area contributed by atoms with Crippen molar-refractivity contribution in [1.29, 1.82) is 0 Å². The van der Waals surface area contributed by atoms with Crippen LogP contribution in [0.15, 0.2) is 23.3 Å². The third kappa shape index (κ3) is 4.20. The van der Waals surface area contributed by atoms with E-state index in [4.69, 9.17) is 4.74 Å². The number of rotatable bonds is 8. The second kappa shape index (κ2) is 7.63. The predicted octanol–water partition coefficient (Wildman–Crippen LogP) is 3.96. The number of nitrogens with one attached hydrogen (secondary N) is 1. The number of unbranched alkanes of at least 4 members (excludes halogenated alkanes) is 3. The number of amides is 1. The van der Waals surface area contributed by atoms with Crippen LogP contribution in [-0.4, -0.2) is 18.7 Å². The molecule has 114 valence electrons. The zero-order chi connectivity index (χ0) is 15.2. The molecular weight excluding hydrogens is 250 g/mol. The van der Waals surface area contributed by atoms with Gasteiger partial charge in [-0.3, -0.25) is 4.79 Å². The van der Waals surface area contributed by atoms with Crippen molar-refractivity contribution < 1.29 is 9.53 Å². The largest absolute Gasteiger partial charge is 0.355 e. The number of methoxy groups -OCH3 is 1. The molecule has 1 aliphatic rings. The first-order valence-corrected chi connectivity index (χ1v) is 7.73. The first-order chi connectivity index (χ1) is 9.45. The molecule has 3 heteroatoms. The van der Waals surface area contributed by atoms with Crippen LogP contribution in [0.3, 0.4) is 0 Å². The monoisotopic (exact) mass is 279 g/mol. The van der Waals surface area contributed by atoms with E-state index in [0.717, 1.165) is 12.0 Å². The molecule has 0 aromatic heterocycles. The Morgan fingerprint density at radius 2 is 2.10 bits per heavy atom. The Kier molecular flexibility index (Phi) is 6.47. The Morgan fingerprint density at radius 1 is 1.40 bits per heavy atom. The van der Waals surface area contributed by atoms with Crippen LogP contribution in [0.1, 0.15) is 59.8 Å². The molecule has 1 N–H and O–H groups in total. The minimum atomic E-state index is -0.647. The van der Waals surface area contributed by atoms with Crippen LogP contribution in [0.4, 0.5) is 0 Å². The minimum Gasteiger partial charge on any atom is -0.355 e. The molecule has 1 atom stereocenters. The number of ether oxygens (including phenoxy) is 1. The Morgan fingerprint density at radius 3 is 2.60 bits per heavy atom. The van der Waals surface area contributed by atoms with Gasteiger partial charge in [0.1, 0.15) is 0 Å². The summed E-state index contributed by atoms with van der Waals surface area (Å²) in [5.41, 5.74) is 1.34. The van der Waals surface area contributed by atoms with Gasteiger partial charge < -0.3 is 10.1 Å². The number of carbonyl (C=O) groups excluding carboxylic acids is 1. The molecule has 0 saturated heterocycles. The molecule has 1 rings (SSSR count). The lowest BCUT2D eigenvalue weighted by molar-refractivity contribution is -0.123. The van der Waals surface area contributed by atoms with Crippen molar-refractivity contribution in [2.24, 2.45) is 5.92 Å². The van der Waals surface area contributed by atoms with Gasteiger partial charge in [0.05, 0.1) is 0 Å². The lowest BCUT2D eigenvalue weighted by Crippen LogP contribution is -2.48. The summed E-state index contributed by atoms with van der Waals surface area (Å²) >= 11 is 0. The molecule has 1 heterocycles. The quantitative estimate of drug-likeness (QED) is 0.683. The summed E-state index contributed by atoms with van der Waals surface area (Å²) in [4.78, 5) is 12.1. The number of carbonyl (C=O) groups is 1. The van der Waals surface area contributed by atoms with E-state index < -0.39 is 5.72 Å². The van der Waals surface area contributed by atoms with Crippen LogP contribution >= 0.6 is 0 Å². The summed E-state index contributed by atoms with van der Waals surface area (Å²) in [5, 5.41) is 2.95. The van der Waals surface area contributed by atoms with Gasteiger partial charge >= 0.3 is 0 Å². The molecular formula is C17H29NO2. The first kappa shape index (κ1) is 17.0. The van der Waals surface area contributed by atoms with Gasteiger partial charge in [0.25, 0.3) is 5.91 Å².